The van der Waals surface area contributed by atoms with Crippen molar-refractivity contribution in [3.8, 4) is 0 Å². The minimum absolute atomic E-state index is 0.390. The second-order valence-electron chi connectivity index (χ2n) is 5.13. The highest BCUT2D eigenvalue weighted by Gasteiger charge is 2.32. The maximum Gasteiger partial charge on any atom is 0.405 e. The van der Waals surface area contributed by atoms with Gasteiger partial charge in [-0.3, -0.25) is 4.90 Å². The van der Waals surface area contributed by atoms with Gasteiger partial charge in [0.05, 0.1) is 0 Å². The Balaban J connectivity index is 1.85. The SMILES string of the molecule is CC1(OC(N)=O)CCN(Cc2ccccc2)CC1. The molecule has 0 radical (unpaired) electrons. The number of carbonyl (C=O) groups excluding carboxylic acids is 1. The van der Waals surface area contributed by atoms with Crippen LogP contribution in [-0.2, 0) is 11.3 Å². The van der Waals surface area contributed by atoms with Gasteiger partial charge in [0.1, 0.15) is 5.60 Å². The molecule has 0 atom stereocenters. The number of piperidine rings is 1. The van der Waals surface area contributed by atoms with Crippen molar-refractivity contribution in [3.05, 3.63) is 35.9 Å². The van der Waals surface area contributed by atoms with Crippen LogP contribution in [0.1, 0.15) is 25.3 Å². The highest BCUT2D eigenvalue weighted by molar-refractivity contribution is 5.65. The first-order valence-electron chi connectivity index (χ1n) is 6.32. The summed E-state index contributed by atoms with van der Waals surface area (Å²) in [5, 5.41) is 0. The maximum absolute atomic E-state index is 10.8. The highest BCUT2D eigenvalue weighted by atomic mass is 16.6. The number of carbonyl (C=O) groups is 1. The largest absolute Gasteiger partial charge is 0.443 e. The molecule has 1 heterocycles. The minimum Gasteiger partial charge on any atom is -0.443 e. The van der Waals surface area contributed by atoms with Crippen molar-refractivity contribution >= 4 is 6.09 Å². The van der Waals surface area contributed by atoms with Crippen LogP contribution in [0.15, 0.2) is 30.3 Å². The van der Waals surface area contributed by atoms with Gasteiger partial charge in [0.25, 0.3) is 0 Å². The molecule has 1 aromatic carbocycles. The third-order valence-electron chi connectivity index (χ3n) is 3.51. The van der Waals surface area contributed by atoms with E-state index in [1.165, 1.54) is 5.56 Å². The zero-order valence-electron chi connectivity index (χ0n) is 10.8. The van der Waals surface area contributed by atoms with Crippen LogP contribution in [0.5, 0.6) is 0 Å². The predicted molar refractivity (Wildman–Crippen MR) is 70.0 cm³/mol. The van der Waals surface area contributed by atoms with Crippen molar-refractivity contribution in [2.24, 2.45) is 5.73 Å². The van der Waals surface area contributed by atoms with Gasteiger partial charge in [0.15, 0.2) is 0 Å². The summed E-state index contributed by atoms with van der Waals surface area (Å²) in [5.41, 5.74) is 6.02. The molecule has 1 aliphatic heterocycles. The van der Waals surface area contributed by atoms with E-state index in [9.17, 15) is 4.79 Å². The van der Waals surface area contributed by atoms with Crippen molar-refractivity contribution in [2.75, 3.05) is 13.1 Å². The average molecular weight is 248 g/mol. The molecule has 0 aliphatic carbocycles. The molecule has 98 valence electrons. The molecule has 2 N–H and O–H groups in total. The van der Waals surface area contributed by atoms with E-state index < -0.39 is 6.09 Å². The molecule has 1 fully saturated rings. The molecule has 0 bridgehead atoms. The Bertz CT molecular complexity index is 398. The lowest BCUT2D eigenvalue weighted by Gasteiger charge is -2.38. The van der Waals surface area contributed by atoms with Crippen LogP contribution in [-0.4, -0.2) is 29.7 Å². The number of rotatable bonds is 3. The van der Waals surface area contributed by atoms with Gasteiger partial charge in [0.2, 0.25) is 0 Å². The van der Waals surface area contributed by atoms with Crippen LogP contribution in [0.4, 0.5) is 4.79 Å². The Hall–Kier alpha value is -1.55. The van der Waals surface area contributed by atoms with Crippen molar-refractivity contribution < 1.29 is 9.53 Å². The molecule has 4 nitrogen and oxygen atoms in total. The summed E-state index contributed by atoms with van der Waals surface area (Å²) in [6, 6.07) is 10.4. The van der Waals surface area contributed by atoms with Gasteiger partial charge in [-0.1, -0.05) is 30.3 Å². The molecule has 0 spiro atoms. The number of nitrogens with zero attached hydrogens (tertiary/aromatic N) is 1. The smallest absolute Gasteiger partial charge is 0.405 e. The first-order chi connectivity index (χ1) is 8.57. The fourth-order valence-electron chi connectivity index (χ4n) is 2.37. The lowest BCUT2D eigenvalue weighted by atomic mass is 9.93. The molecule has 4 heteroatoms. The number of benzene rings is 1. The molecule has 0 aromatic heterocycles. The van der Waals surface area contributed by atoms with E-state index in [2.05, 4.69) is 29.2 Å². The van der Waals surface area contributed by atoms with Crippen molar-refractivity contribution in [3.63, 3.8) is 0 Å². The van der Waals surface area contributed by atoms with E-state index in [1.54, 1.807) is 0 Å². The quantitative estimate of drug-likeness (QED) is 0.891. The molecule has 2 rings (SSSR count). The van der Waals surface area contributed by atoms with Gasteiger partial charge in [0, 0.05) is 19.6 Å². The van der Waals surface area contributed by atoms with Crippen LogP contribution in [0.3, 0.4) is 0 Å². The van der Waals surface area contributed by atoms with Gasteiger partial charge in [-0.25, -0.2) is 4.79 Å². The summed E-state index contributed by atoms with van der Waals surface area (Å²) in [6.07, 6.45) is 1.000. The lowest BCUT2D eigenvalue weighted by Crippen LogP contribution is -2.45. The van der Waals surface area contributed by atoms with E-state index in [0.29, 0.717) is 0 Å². The molecule has 1 aliphatic rings. The van der Waals surface area contributed by atoms with Crippen molar-refractivity contribution in [1.82, 2.24) is 4.90 Å². The number of amides is 1. The minimum atomic E-state index is -0.672. The topological polar surface area (TPSA) is 55.6 Å². The summed E-state index contributed by atoms with van der Waals surface area (Å²) in [5.74, 6) is 0. The number of hydrogen-bond donors (Lipinski definition) is 1. The first kappa shape index (κ1) is 12.9. The van der Waals surface area contributed by atoms with Crippen molar-refractivity contribution in [2.45, 2.75) is 31.9 Å². The summed E-state index contributed by atoms with van der Waals surface area (Å²) >= 11 is 0. The van der Waals surface area contributed by atoms with Gasteiger partial charge in [-0.05, 0) is 25.3 Å². The number of nitrogens with two attached hydrogens (primary N) is 1. The van der Waals surface area contributed by atoms with Crippen LogP contribution in [0.25, 0.3) is 0 Å². The fourth-order valence-corrected chi connectivity index (χ4v) is 2.37. The third kappa shape index (κ3) is 3.47. The summed E-state index contributed by atoms with van der Waals surface area (Å²) in [6.45, 7) is 4.77. The van der Waals surface area contributed by atoms with Crippen LogP contribution in [0.2, 0.25) is 0 Å². The first-order valence-corrected chi connectivity index (χ1v) is 6.32. The second-order valence-corrected chi connectivity index (χ2v) is 5.13. The van der Waals surface area contributed by atoms with Gasteiger partial charge < -0.3 is 10.5 Å². The normalized spacial score (nSPS) is 19.4. The maximum atomic E-state index is 10.8. The van der Waals surface area contributed by atoms with E-state index in [1.807, 2.05) is 13.0 Å². The van der Waals surface area contributed by atoms with E-state index in [4.69, 9.17) is 10.5 Å². The molecular formula is C14H20N2O2. The summed E-state index contributed by atoms with van der Waals surface area (Å²) in [4.78, 5) is 13.2. The Labute approximate surface area is 108 Å². The zero-order chi connectivity index (χ0) is 13.0. The zero-order valence-corrected chi connectivity index (χ0v) is 10.8. The number of likely N-dealkylation sites (tertiary alicyclic amines) is 1. The Morgan fingerprint density at radius 2 is 1.94 bits per heavy atom. The van der Waals surface area contributed by atoms with Gasteiger partial charge >= 0.3 is 6.09 Å². The standard InChI is InChI=1S/C14H20N2O2/c1-14(18-13(15)17)7-9-16(10-8-14)11-12-5-3-2-4-6-12/h2-6H,7-11H2,1H3,(H2,15,17). The van der Waals surface area contributed by atoms with Gasteiger partial charge in [-0.15, -0.1) is 0 Å². The van der Waals surface area contributed by atoms with E-state index in [-0.39, 0.29) is 5.60 Å². The molecular weight excluding hydrogens is 228 g/mol. The van der Waals surface area contributed by atoms with E-state index in [0.717, 1.165) is 32.5 Å². The van der Waals surface area contributed by atoms with Gasteiger partial charge in [-0.2, -0.15) is 0 Å². The predicted octanol–water partition coefficient (Wildman–Crippen LogP) is 2.14. The molecule has 1 saturated heterocycles. The van der Waals surface area contributed by atoms with E-state index >= 15 is 0 Å². The molecule has 0 unspecified atom stereocenters. The summed E-state index contributed by atoms with van der Waals surface area (Å²) < 4.78 is 5.19. The third-order valence-corrected chi connectivity index (χ3v) is 3.51. The summed E-state index contributed by atoms with van der Waals surface area (Å²) in [7, 11) is 0. The average Bonchev–Trinajstić information content (AvgIpc) is 2.33. The van der Waals surface area contributed by atoms with Crippen LogP contribution in [0, 0.1) is 0 Å². The Morgan fingerprint density at radius 3 is 2.50 bits per heavy atom. The van der Waals surface area contributed by atoms with Crippen LogP contribution >= 0.6 is 0 Å². The number of primary amides is 1. The molecule has 0 saturated carbocycles. The molecule has 1 aromatic rings. The number of ether oxygens (including phenoxy) is 1. The molecule has 18 heavy (non-hydrogen) atoms. The Kier molecular flexibility index (Phi) is 3.87. The highest BCUT2D eigenvalue weighted by Crippen LogP contribution is 2.26. The second kappa shape index (κ2) is 5.40. The lowest BCUT2D eigenvalue weighted by molar-refractivity contribution is -0.0198. The van der Waals surface area contributed by atoms with Crippen LogP contribution < -0.4 is 5.73 Å². The monoisotopic (exact) mass is 248 g/mol. The fraction of sp³-hybridized carbons (Fsp3) is 0.500. The molecule has 1 amide bonds. The number of hydrogen-bond acceptors (Lipinski definition) is 3. The van der Waals surface area contributed by atoms with Crippen molar-refractivity contribution in [1.29, 1.82) is 0 Å². The Morgan fingerprint density at radius 1 is 1.33 bits per heavy atom.